The second-order valence-corrected chi connectivity index (χ2v) is 5.89. The summed E-state index contributed by atoms with van der Waals surface area (Å²) in [4.78, 5) is 2.33. The highest BCUT2D eigenvalue weighted by atomic mass is 16.3. The third-order valence-electron chi connectivity index (χ3n) is 4.48. The van der Waals surface area contributed by atoms with Crippen LogP contribution in [0.25, 0.3) is 0 Å². The Morgan fingerprint density at radius 2 is 2.11 bits per heavy atom. The fourth-order valence-electron chi connectivity index (χ4n) is 3.15. The van der Waals surface area contributed by atoms with E-state index in [-0.39, 0.29) is 0 Å². The van der Waals surface area contributed by atoms with Crippen LogP contribution in [-0.4, -0.2) is 29.8 Å². The standard InChI is InChI=1S/C15H22N2O/c1-11-8-12-4-2-3-5-14(12)17(11)10-15(18,9-16)13-6-7-13/h2-5,11,13,18H,6-10,16H2,1H3. The Kier molecular flexibility index (Phi) is 2.83. The molecule has 0 amide bonds. The van der Waals surface area contributed by atoms with E-state index < -0.39 is 5.60 Å². The molecule has 0 bridgehead atoms. The summed E-state index contributed by atoms with van der Waals surface area (Å²) in [5, 5.41) is 10.7. The topological polar surface area (TPSA) is 49.5 Å². The zero-order chi connectivity index (χ0) is 12.8. The van der Waals surface area contributed by atoms with E-state index in [0.29, 0.717) is 25.0 Å². The highest BCUT2D eigenvalue weighted by Gasteiger charge is 2.45. The Hall–Kier alpha value is -1.06. The van der Waals surface area contributed by atoms with Crippen molar-refractivity contribution in [2.24, 2.45) is 11.7 Å². The van der Waals surface area contributed by atoms with Gasteiger partial charge in [0.15, 0.2) is 0 Å². The number of rotatable bonds is 4. The molecule has 3 rings (SSSR count). The van der Waals surface area contributed by atoms with Crippen LogP contribution in [-0.2, 0) is 6.42 Å². The molecule has 98 valence electrons. The highest BCUT2D eigenvalue weighted by molar-refractivity contribution is 5.59. The summed E-state index contributed by atoms with van der Waals surface area (Å²) in [5.74, 6) is 0.405. The normalized spacial score (nSPS) is 25.9. The van der Waals surface area contributed by atoms with Crippen LogP contribution in [0.3, 0.4) is 0 Å². The van der Waals surface area contributed by atoms with Gasteiger partial charge in [0.05, 0.1) is 5.60 Å². The van der Waals surface area contributed by atoms with Crippen molar-refractivity contribution in [3.63, 3.8) is 0 Å². The van der Waals surface area contributed by atoms with Crippen molar-refractivity contribution in [1.82, 2.24) is 0 Å². The molecule has 0 aromatic heterocycles. The molecule has 2 atom stereocenters. The summed E-state index contributed by atoms with van der Waals surface area (Å²) >= 11 is 0. The number of benzene rings is 1. The van der Waals surface area contributed by atoms with Gasteiger partial charge in [-0.3, -0.25) is 0 Å². The smallest absolute Gasteiger partial charge is 0.0971 e. The van der Waals surface area contributed by atoms with Crippen LogP contribution in [0.5, 0.6) is 0 Å². The molecule has 0 saturated heterocycles. The number of nitrogens with zero attached hydrogens (tertiary/aromatic N) is 1. The van der Waals surface area contributed by atoms with Crippen LogP contribution in [0.15, 0.2) is 24.3 Å². The van der Waals surface area contributed by atoms with Gasteiger partial charge in [0.25, 0.3) is 0 Å². The predicted molar refractivity (Wildman–Crippen MR) is 73.7 cm³/mol. The highest BCUT2D eigenvalue weighted by Crippen LogP contribution is 2.42. The number of anilines is 1. The lowest BCUT2D eigenvalue weighted by Gasteiger charge is -2.35. The lowest BCUT2D eigenvalue weighted by Crippen LogP contribution is -2.51. The van der Waals surface area contributed by atoms with Gasteiger partial charge < -0.3 is 15.7 Å². The molecule has 1 saturated carbocycles. The molecule has 18 heavy (non-hydrogen) atoms. The largest absolute Gasteiger partial charge is 0.386 e. The molecule has 1 aliphatic carbocycles. The number of hydrogen-bond donors (Lipinski definition) is 2. The lowest BCUT2D eigenvalue weighted by molar-refractivity contribution is 0.0324. The molecule has 3 nitrogen and oxygen atoms in total. The van der Waals surface area contributed by atoms with E-state index in [1.807, 2.05) is 0 Å². The molecule has 1 aliphatic heterocycles. The van der Waals surface area contributed by atoms with Crippen LogP contribution in [0.1, 0.15) is 25.3 Å². The fraction of sp³-hybridized carbons (Fsp3) is 0.600. The maximum absolute atomic E-state index is 10.7. The molecule has 2 aliphatic rings. The molecule has 3 N–H and O–H groups in total. The van der Waals surface area contributed by atoms with Crippen molar-refractivity contribution in [1.29, 1.82) is 0 Å². The maximum Gasteiger partial charge on any atom is 0.0971 e. The van der Waals surface area contributed by atoms with E-state index in [1.165, 1.54) is 11.3 Å². The monoisotopic (exact) mass is 246 g/mol. The summed E-state index contributed by atoms with van der Waals surface area (Å²) in [7, 11) is 0. The van der Waals surface area contributed by atoms with Gasteiger partial charge in [-0.05, 0) is 43.7 Å². The SMILES string of the molecule is CC1Cc2ccccc2N1CC(O)(CN)C1CC1. The van der Waals surface area contributed by atoms with Crippen LogP contribution >= 0.6 is 0 Å². The van der Waals surface area contributed by atoms with Gasteiger partial charge in [0.2, 0.25) is 0 Å². The van der Waals surface area contributed by atoms with E-state index in [1.54, 1.807) is 0 Å². The zero-order valence-electron chi connectivity index (χ0n) is 11.0. The van der Waals surface area contributed by atoms with Gasteiger partial charge in [0, 0.05) is 24.8 Å². The van der Waals surface area contributed by atoms with Crippen LogP contribution in [0, 0.1) is 5.92 Å². The van der Waals surface area contributed by atoms with Crippen molar-refractivity contribution < 1.29 is 5.11 Å². The van der Waals surface area contributed by atoms with E-state index >= 15 is 0 Å². The molecular weight excluding hydrogens is 224 g/mol. The first kappa shape index (κ1) is 12.0. The molecule has 0 spiro atoms. The quantitative estimate of drug-likeness (QED) is 0.847. The lowest BCUT2D eigenvalue weighted by atomic mass is 9.96. The van der Waals surface area contributed by atoms with Crippen LogP contribution < -0.4 is 10.6 Å². The molecule has 3 heteroatoms. The second kappa shape index (κ2) is 4.25. The van der Waals surface area contributed by atoms with Gasteiger partial charge in [-0.2, -0.15) is 0 Å². The predicted octanol–water partition coefficient (Wildman–Crippen LogP) is 1.54. The summed E-state index contributed by atoms with van der Waals surface area (Å²) < 4.78 is 0. The van der Waals surface area contributed by atoms with E-state index in [2.05, 4.69) is 36.1 Å². The van der Waals surface area contributed by atoms with Gasteiger partial charge >= 0.3 is 0 Å². The molecule has 2 unspecified atom stereocenters. The van der Waals surface area contributed by atoms with Crippen LogP contribution in [0.4, 0.5) is 5.69 Å². The molecule has 0 radical (unpaired) electrons. The molecule has 1 aromatic rings. The molecule has 1 fully saturated rings. The minimum Gasteiger partial charge on any atom is -0.386 e. The summed E-state index contributed by atoms with van der Waals surface area (Å²) in [6, 6.07) is 8.96. The van der Waals surface area contributed by atoms with Crippen molar-refractivity contribution >= 4 is 5.69 Å². The van der Waals surface area contributed by atoms with Crippen molar-refractivity contribution in [3.05, 3.63) is 29.8 Å². The Labute approximate surface area is 109 Å². The number of β-amino-alcohol motifs (C(OH)–C–C–N with tert-alkyl or cyclic N) is 1. The first-order valence-electron chi connectivity index (χ1n) is 6.91. The maximum atomic E-state index is 10.7. The first-order chi connectivity index (χ1) is 8.64. The minimum atomic E-state index is -0.703. The van der Waals surface area contributed by atoms with E-state index in [4.69, 9.17) is 5.73 Å². The Bertz CT molecular complexity index is 444. The minimum absolute atomic E-state index is 0.364. The second-order valence-electron chi connectivity index (χ2n) is 5.89. The third kappa shape index (κ3) is 1.91. The summed E-state index contributed by atoms with van der Waals surface area (Å²) in [5.41, 5.74) is 7.78. The summed E-state index contributed by atoms with van der Waals surface area (Å²) in [6.07, 6.45) is 3.32. The fourth-order valence-corrected chi connectivity index (χ4v) is 3.15. The van der Waals surface area contributed by atoms with Crippen molar-refractivity contribution in [2.75, 3.05) is 18.0 Å². The number of para-hydroxylation sites is 1. The average molecular weight is 246 g/mol. The van der Waals surface area contributed by atoms with E-state index in [0.717, 1.165) is 19.3 Å². The van der Waals surface area contributed by atoms with Gasteiger partial charge in [0.1, 0.15) is 0 Å². The number of nitrogens with two attached hydrogens (primary N) is 1. The third-order valence-corrected chi connectivity index (χ3v) is 4.48. The Balaban J connectivity index is 1.84. The van der Waals surface area contributed by atoms with Crippen LogP contribution in [0.2, 0.25) is 0 Å². The number of aliphatic hydroxyl groups is 1. The average Bonchev–Trinajstić information content (AvgIpc) is 3.17. The summed E-state index contributed by atoms with van der Waals surface area (Å²) in [6.45, 7) is 3.26. The molecular formula is C15H22N2O. The van der Waals surface area contributed by atoms with E-state index in [9.17, 15) is 5.11 Å². The number of fused-ring (bicyclic) bond motifs is 1. The Morgan fingerprint density at radius 3 is 2.78 bits per heavy atom. The van der Waals surface area contributed by atoms with Crippen molar-refractivity contribution in [3.8, 4) is 0 Å². The number of hydrogen-bond acceptors (Lipinski definition) is 3. The molecule has 1 aromatic carbocycles. The van der Waals surface area contributed by atoms with Gasteiger partial charge in [-0.25, -0.2) is 0 Å². The zero-order valence-corrected chi connectivity index (χ0v) is 11.0. The Morgan fingerprint density at radius 1 is 1.39 bits per heavy atom. The van der Waals surface area contributed by atoms with Crippen molar-refractivity contribution in [2.45, 2.75) is 37.8 Å². The van der Waals surface area contributed by atoms with Gasteiger partial charge in [-0.1, -0.05) is 18.2 Å². The van der Waals surface area contributed by atoms with Gasteiger partial charge in [-0.15, -0.1) is 0 Å². The molecule has 1 heterocycles. The first-order valence-corrected chi connectivity index (χ1v) is 6.91.